The summed E-state index contributed by atoms with van der Waals surface area (Å²) in [4.78, 5) is 4.15. The Morgan fingerprint density at radius 1 is 1.45 bits per heavy atom. The average molecular weight is 281 g/mol. The molecule has 4 nitrogen and oxygen atoms in total. The van der Waals surface area contributed by atoms with E-state index in [1.165, 1.54) is 0 Å². The van der Waals surface area contributed by atoms with Crippen molar-refractivity contribution in [1.29, 1.82) is 0 Å². The number of hydrogen-bond donors (Lipinski definition) is 2. The zero-order valence-corrected chi connectivity index (χ0v) is 12.7. The molecule has 0 aliphatic carbocycles. The van der Waals surface area contributed by atoms with Gasteiger partial charge >= 0.3 is 0 Å². The number of halogens is 1. The van der Waals surface area contributed by atoms with Crippen LogP contribution < -0.4 is 10.6 Å². The molecule has 2 N–H and O–H groups in total. The van der Waals surface area contributed by atoms with Crippen LogP contribution in [0.2, 0.25) is 0 Å². The van der Waals surface area contributed by atoms with Crippen LogP contribution in [0, 0.1) is 12.7 Å². The van der Waals surface area contributed by atoms with Gasteiger partial charge in [-0.1, -0.05) is 12.1 Å². The Kier molecular flexibility index (Phi) is 7.01. The first-order chi connectivity index (χ1) is 9.58. The van der Waals surface area contributed by atoms with Crippen molar-refractivity contribution in [3.05, 3.63) is 35.1 Å². The van der Waals surface area contributed by atoms with E-state index in [1.807, 2.05) is 13.0 Å². The van der Waals surface area contributed by atoms with Gasteiger partial charge in [-0.15, -0.1) is 0 Å². The van der Waals surface area contributed by atoms with Crippen LogP contribution in [-0.4, -0.2) is 33.3 Å². The second kappa shape index (κ2) is 8.53. The summed E-state index contributed by atoms with van der Waals surface area (Å²) in [7, 11) is 3.40. The molecule has 0 aliphatic heterocycles. The fourth-order valence-electron chi connectivity index (χ4n) is 1.78. The smallest absolute Gasteiger partial charge is 0.191 e. The second-order valence-corrected chi connectivity index (χ2v) is 4.72. The zero-order chi connectivity index (χ0) is 15.0. The number of methoxy groups -OCH3 is 1. The van der Waals surface area contributed by atoms with Gasteiger partial charge in [-0.25, -0.2) is 4.39 Å². The lowest BCUT2D eigenvalue weighted by molar-refractivity contribution is 0.195. The van der Waals surface area contributed by atoms with Gasteiger partial charge in [0.15, 0.2) is 5.96 Å². The Balaban J connectivity index is 2.54. The van der Waals surface area contributed by atoms with Gasteiger partial charge in [0.05, 0.1) is 6.04 Å². The largest absolute Gasteiger partial charge is 0.385 e. The van der Waals surface area contributed by atoms with Crippen LogP contribution in [0.4, 0.5) is 4.39 Å². The highest BCUT2D eigenvalue weighted by Gasteiger charge is 2.09. The number of guanidine groups is 1. The summed E-state index contributed by atoms with van der Waals surface area (Å²) >= 11 is 0. The first-order valence-electron chi connectivity index (χ1n) is 6.80. The van der Waals surface area contributed by atoms with Crippen LogP contribution in [0.25, 0.3) is 0 Å². The highest BCUT2D eigenvalue weighted by atomic mass is 19.1. The van der Waals surface area contributed by atoms with Crippen LogP contribution in [-0.2, 0) is 4.74 Å². The summed E-state index contributed by atoms with van der Waals surface area (Å²) in [6, 6.07) is 5.26. The fraction of sp³-hybridized carbons (Fsp3) is 0.533. The third kappa shape index (κ3) is 5.17. The SMILES string of the molecule is CN=C(NCCCOC)NC(C)c1ccc(C)c(F)c1. The van der Waals surface area contributed by atoms with Crippen LogP contribution in [0.15, 0.2) is 23.2 Å². The maximum Gasteiger partial charge on any atom is 0.191 e. The van der Waals surface area contributed by atoms with Gasteiger partial charge in [0.1, 0.15) is 5.82 Å². The quantitative estimate of drug-likeness (QED) is 0.478. The number of rotatable bonds is 6. The fourth-order valence-corrected chi connectivity index (χ4v) is 1.78. The van der Waals surface area contributed by atoms with Crippen molar-refractivity contribution in [2.45, 2.75) is 26.3 Å². The molecule has 1 aromatic rings. The lowest BCUT2D eigenvalue weighted by Gasteiger charge is -2.18. The molecular formula is C15H24FN3O. The molecule has 20 heavy (non-hydrogen) atoms. The molecule has 0 amide bonds. The predicted molar refractivity (Wildman–Crippen MR) is 80.5 cm³/mol. The summed E-state index contributed by atoms with van der Waals surface area (Å²) in [5, 5.41) is 6.43. The molecule has 0 bridgehead atoms. The molecule has 0 radical (unpaired) electrons. The van der Waals surface area contributed by atoms with Gasteiger partial charge in [-0.2, -0.15) is 0 Å². The van der Waals surface area contributed by atoms with E-state index >= 15 is 0 Å². The van der Waals surface area contributed by atoms with Crippen molar-refractivity contribution in [3.8, 4) is 0 Å². The van der Waals surface area contributed by atoms with Crippen molar-refractivity contribution in [2.75, 3.05) is 27.3 Å². The number of ether oxygens (including phenoxy) is 1. The third-order valence-electron chi connectivity index (χ3n) is 3.09. The number of nitrogens with zero attached hydrogens (tertiary/aromatic N) is 1. The van der Waals surface area contributed by atoms with Crippen LogP contribution in [0.1, 0.15) is 30.5 Å². The van der Waals surface area contributed by atoms with Crippen LogP contribution in [0.3, 0.4) is 0 Å². The van der Waals surface area contributed by atoms with Crippen molar-refractivity contribution in [3.63, 3.8) is 0 Å². The summed E-state index contributed by atoms with van der Waals surface area (Å²) in [6.07, 6.45) is 0.907. The topological polar surface area (TPSA) is 45.7 Å². The van der Waals surface area contributed by atoms with Crippen LogP contribution >= 0.6 is 0 Å². The van der Waals surface area contributed by atoms with Crippen molar-refractivity contribution >= 4 is 5.96 Å². The normalized spacial score (nSPS) is 13.2. The molecule has 0 saturated heterocycles. The molecule has 0 fully saturated rings. The monoisotopic (exact) mass is 281 g/mol. The predicted octanol–water partition coefficient (Wildman–Crippen LogP) is 2.40. The van der Waals surface area contributed by atoms with Crippen molar-refractivity contribution in [2.24, 2.45) is 4.99 Å². The first kappa shape index (κ1) is 16.4. The minimum atomic E-state index is -0.181. The van der Waals surface area contributed by atoms with Gasteiger partial charge < -0.3 is 15.4 Å². The van der Waals surface area contributed by atoms with E-state index < -0.39 is 0 Å². The first-order valence-corrected chi connectivity index (χ1v) is 6.80. The molecule has 5 heteroatoms. The van der Waals surface area contributed by atoms with Gasteiger partial charge in [0, 0.05) is 27.3 Å². The summed E-state index contributed by atoms with van der Waals surface area (Å²) in [5.41, 5.74) is 1.55. The van der Waals surface area contributed by atoms with Crippen molar-refractivity contribution in [1.82, 2.24) is 10.6 Å². The molecule has 1 rings (SSSR count). The van der Waals surface area contributed by atoms with Gasteiger partial charge in [-0.05, 0) is 37.5 Å². The molecule has 1 atom stereocenters. The Bertz CT molecular complexity index is 449. The highest BCUT2D eigenvalue weighted by Crippen LogP contribution is 2.16. The molecular weight excluding hydrogens is 257 g/mol. The van der Waals surface area contributed by atoms with E-state index in [2.05, 4.69) is 15.6 Å². The number of hydrogen-bond acceptors (Lipinski definition) is 2. The Morgan fingerprint density at radius 2 is 2.20 bits per heavy atom. The Hall–Kier alpha value is -1.62. The number of benzene rings is 1. The summed E-state index contributed by atoms with van der Waals surface area (Å²) in [5.74, 6) is 0.522. The maximum atomic E-state index is 13.6. The number of aryl methyl sites for hydroxylation is 1. The third-order valence-corrected chi connectivity index (χ3v) is 3.09. The van der Waals surface area contributed by atoms with Gasteiger partial charge in [0.2, 0.25) is 0 Å². The molecule has 1 aromatic carbocycles. The minimum Gasteiger partial charge on any atom is -0.385 e. The van der Waals surface area contributed by atoms with E-state index in [9.17, 15) is 4.39 Å². The Morgan fingerprint density at radius 3 is 2.80 bits per heavy atom. The molecule has 0 heterocycles. The second-order valence-electron chi connectivity index (χ2n) is 4.72. The maximum absolute atomic E-state index is 13.6. The molecule has 0 spiro atoms. The number of aliphatic imine (C=N–C) groups is 1. The summed E-state index contributed by atoms with van der Waals surface area (Å²) in [6.45, 7) is 5.23. The molecule has 0 saturated carbocycles. The molecule has 0 aliphatic rings. The van der Waals surface area contributed by atoms with E-state index in [0.29, 0.717) is 18.1 Å². The Labute approximate surface area is 120 Å². The van der Waals surface area contributed by atoms with Crippen molar-refractivity contribution < 1.29 is 9.13 Å². The zero-order valence-electron chi connectivity index (χ0n) is 12.7. The number of nitrogens with one attached hydrogen (secondary N) is 2. The van der Waals surface area contributed by atoms with Gasteiger partial charge in [-0.3, -0.25) is 4.99 Å². The van der Waals surface area contributed by atoms with E-state index in [0.717, 1.165) is 18.5 Å². The standard InChI is InChI=1S/C15H24FN3O/c1-11-6-7-13(10-14(11)16)12(2)19-15(17-3)18-8-5-9-20-4/h6-7,10,12H,5,8-9H2,1-4H3,(H2,17,18,19). The molecule has 1 unspecified atom stereocenters. The summed E-state index contributed by atoms with van der Waals surface area (Å²) < 4.78 is 18.5. The van der Waals surface area contributed by atoms with Gasteiger partial charge in [0.25, 0.3) is 0 Å². The van der Waals surface area contributed by atoms with E-state index in [1.54, 1.807) is 33.2 Å². The lowest BCUT2D eigenvalue weighted by atomic mass is 10.1. The van der Waals surface area contributed by atoms with E-state index in [4.69, 9.17) is 4.74 Å². The lowest BCUT2D eigenvalue weighted by Crippen LogP contribution is -2.39. The van der Waals surface area contributed by atoms with Crippen LogP contribution in [0.5, 0.6) is 0 Å². The minimum absolute atomic E-state index is 0.0151. The highest BCUT2D eigenvalue weighted by molar-refractivity contribution is 5.80. The average Bonchev–Trinajstić information content (AvgIpc) is 2.44. The van der Waals surface area contributed by atoms with E-state index in [-0.39, 0.29) is 11.9 Å². The molecule has 0 aromatic heterocycles. The molecule has 112 valence electrons.